The summed E-state index contributed by atoms with van der Waals surface area (Å²) in [7, 11) is 3.06. The van der Waals surface area contributed by atoms with Crippen molar-refractivity contribution in [3.05, 3.63) is 0 Å². The van der Waals surface area contributed by atoms with Crippen LogP contribution in [0.25, 0.3) is 0 Å². The predicted molar refractivity (Wildman–Crippen MR) is 108 cm³/mol. The van der Waals surface area contributed by atoms with Crippen LogP contribution in [-0.2, 0) is 19.2 Å². The molecular weight excluding hydrogens is 402 g/mol. The molecule has 1 saturated heterocycles. The summed E-state index contributed by atoms with van der Waals surface area (Å²) in [5, 5.41) is 27.4. The van der Waals surface area contributed by atoms with E-state index in [1.807, 2.05) is 4.90 Å². The van der Waals surface area contributed by atoms with Crippen LogP contribution in [0.3, 0.4) is 0 Å². The van der Waals surface area contributed by atoms with Gasteiger partial charge in [-0.05, 0) is 0 Å². The summed E-state index contributed by atoms with van der Waals surface area (Å²) in [6, 6.07) is 0. The van der Waals surface area contributed by atoms with Crippen LogP contribution in [0.4, 0.5) is 0 Å². The van der Waals surface area contributed by atoms with Crippen molar-refractivity contribution in [3.8, 4) is 0 Å². The van der Waals surface area contributed by atoms with Crippen molar-refractivity contribution in [3.63, 3.8) is 0 Å². The van der Waals surface area contributed by atoms with Crippen LogP contribution < -0.4 is 0 Å². The fraction of sp³-hybridized carbons (Fsp3) is 0.750. The van der Waals surface area contributed by atoms with Crippen LogP contribution in [0, 0.1) is 0 Å². The van der Waals surface area contributed by atoms with Gasteiger partial charge in [-0.15, -0.1) is 0 Å². The molecule has 0 atom stereocenters. The third-order valence-corrected chi connectivity index (χ3v) is 4.87. The number of hydrogen-bond donors (Lipinski definition) is 3. The van der Waals surface area contributed by atoms with E-state index in [-0.39, 0.29) is 31.9 Å². The van der Waals surface area contributed by atoms with E-state index in [0.717, 1.165) is 0 Å². The van der Waals surface area contributed by atoms with E-state index in [1.54, 1.807) is 14.7 Å². The Balaban J connectivity index is 2.93. The topological polar surface area (TPSA) is 142 Å². The van der Waals surface area contributed by atoms with Gasteiger partial charge >= 0.3 is 172 Å². The predicted octanol–water partition coefficient (Wildman–Crippen LogP) is -2.25. The Hall–Kier alpha value is -1.72. The minimum absolute atomic E-state index is 0.135. The fourth-order valence-electron chi connectivity index (χ4n) is 3.05. The Bertz CT molecular complexity index is 578. The van der Waals surface area contributed by atoms with Crippen molar-refractivity contribution in [2.45, 2.75) is 0 Å². The third kappa shape index (κ3) is 11.8. The molecule has 0 unspecified atom stereocenters. The van der Waals surface area contributed by atoms with Crippen molar-refractivity contribution in [2.75, 3.05) is 78.5 Å². The molecule has 0 aromatic rings. The van der Waals surface area contributed by atoms with E-state index in [4.69, 9.17) is 15.3 Å². The van der Waals surface area contributed by atoms with Gasteiger partial charge in [0.05, 0.1) is 0 Å². The molecule has 1 fully saturated rings. The Kier molecular flexibility index (Phi) is 11.8. The van der Waals surface area contributed by atoms with Crippen molar-refractivity contribution in [1.82, 2.24) is 19.6 Å². The first-order valence-corrected chi connectivity index (χ1v) is 9.85. The number of nitrogens with zero attached hydrogens (tertiary/aromatic N) is 4. The molecule has 0 aliphatic carbocycles. The van der Waals surface area contributed by atoms with E-state index in [2.05, 4.69) is 8.73 Å². The maximum atomic E-state index is 11.8. The van der Waals surface area contributed by atoms with E-state index >= 15 is 0 Å². The summed E-state index contributed by atoms with van der Waals surface area (Å²) in [6.45, 7) is 3.87. The normalized spacial score (nSPS) is 18.9. The molecule has 0 aromatic carbocycles. The fourth-order valence-corrected chi connectivity index (χ4v) is 3.14. The molecule has 1 aliphatic rings. The van der Waals surface area contributed by atoms with E-state index in [9.17, 15) is 19.2 Å². The van der Waals surface area contributed by atoms with Crippen molar-refractivity contribution in [1.29, 1.82) is 0 Å². The van der Waals surface area contributed by atoms with Crippen molar-refractivity contribution >= 4 is 38.9 Å². The first kappa shape index (κ1) is 25.3. The average molecular weight is 430 g/mol. The van der Waals surface area contributed by atoms with Gasteiger partial charge in [0.2, 0.25) is 0 Å². The molecule has 0 bridgehead atoms. The van der Waals surface area contributed by atoms with E-state index in [1.165, 1.54) is 6.62 Å². The average Bonchev–Trinajstić information content (AvgIpc) is 2.62. The van der Waals surface area contributed by atoms with Gasteiger partial charge in [0, 0.05) is 0 Å². The summed E-state index contributed by atoms with van der Waals surface area (Å²) in [4.78, 5) is 52.2. The Labute approximate surface area is 172 Å². The van der Waals surface area contributed by atoms with Gasteiger partial charge in [0.25, 0.3) is 0 Å². The SMILES string of the molecule is O=C(O)CN1CCN(CC(=O)O)CCN(CC(=O)B=P)CCN(CC(=O)O)CC1. The molecule has 13 heteroatoms. The van der Waals surface area contributed by atoms with Gasteiger partial charge in [0.15, 0.2) is 0 Å². The number of rotatable bonds is 9. The first-order valence-electron chi connectivity index (χ1n) is 9.27. The number of aliphatic carboxylic acids is 3. The summed E-state index contributed by atoms with van der Waals surface area (Å²) in [6.07, 6.45) is 0. The molecule has 162 valence electrons. The summed E-state index contributed by atoms with van der Waals surface area (Å²) >= 11 is 0. The standard InChI is InChI=1S/C16H28BN4O7P/c22-13(17-29)9-18-1-3-19(10-14(23)24)5-7-21(12-16(27)28)8-6-20(4-2-18)11-15(25)26/h29H,1-12H2,(H,23,24)(H,25,26)(H,27,28). The van der Waals surface area contributed by atoms with Crippen molar-refractivity contribution < 1.29 is 34.5 Å². The number of carboxylic acids is 3. The van der Waals surface area contributed by atoms with Gasteiger partial charge in [0.1, 0.15) is 0 Å². The summed E-state index contributed by atoms with van der Waals surface area (Å²) < 4.78 is 0. The molecular formula is C16H28BN4O7P. The zero-order chi connectivity index (χ0) is 21.8. The summed E-state index contributed by atoms with van der Waals surface area (Å²) in [5.74, 6) is -2.96. The number of carboxylic acid groups (broad SMARTS) is 3. The van der Waals surface area contributed by atoms with Crippen LogP contribution in [0.2, 0.25) is 0 Å². The van der Waals surface area contributed by atoms with Crippen LogP contribution >= 0.6 is 8.73 Å². The molecule has 0 aromatic heterocycles. The van der Waals surface area contributed by atoms with Gasteiger partial charge < -0.3 is 0 Å². The molecule has 11 nitrogen and oxygen atoms in total. The van der Waals surface area contributed by atoms with Gasteiger partial charge in [-0.3, -0.25) is 0 Å². The zero-order valence-electron chi connectivity index (χ0n) is 16.3. The Morgan fingerprint density at radius 3 is 1.03 bits per heavy atom. The van der Waals surface area contributed by atoms with Crippen molar-refractivity contribution in [2.24, 2.45) is 0 Å². The Morgan fingerprint density at radius 1 is 0.586 bits per heavy atom. The molecule has 1 heterocycles. The second-order valence-electron chi connectivity index (χ2n) is 6.90. The number of carbonyl (C=O) groups is 4. The molecule has 0 radical (unpaired) electrons. The van der Waals surface area contributed by atoms with Gasteiger partial charge in [-0.1, -0.05) is 0 Å². The van der Waals surface area contributed by atoms with E-state index < -0.39 is 17.9 Å². The first-order chi connectivity index (χ1) is 13.7. The third-order valence-electron chi connectivity index (χ3n) is 4.55. The Morgan fingerprint density at radius 2 is 0.828 bits per heavy atom. The molecule has 1 aliphatic heterocycles. The van der Waals surface area contributed by atoms with Gasteiger partial charge in [-0.25, -0.2) is 0 Å². The van der Waals surface area contributed by atoms with Crippen LogP contribution in [0.5, 0.6) is 0 Å². The van der Waals surface area contributed by atoms with Crippen LogP contribution in [-0.4, -0.2) is 144 Å². The minimum atomic E-state index is -0.998. The molecule has 0 spiro atoms. The van der Waals surface area contributed by atoms with Crippen LogP contribution in [0.1, 0.15) is 0 Å². The summed E-state index contributed by atoms with van der Waals surface area (Å²) in [5.41, 5.74) is -0.143. The van der Waals surface area contributed by atoms with Gasteiger partial charge in [-0.2, -0.15) is 0 Å². The number of carbonyl (C=O) groups excluding carboxylic acids is 1. The zero-order valence-corrected chi connectivity index (χ0v) is 17.3. The molecule has 1 rings (SSSR count). The molecule has 0 saturated carbocycles. The quantitative estimate of drug-likeness (QED) is 0.270. The number of hydrogen-bond acceptors (Lipinski definition) is 8. The second kappa shape index (κ2) is 13.5. The van der Waals surface area contributed by atoms with E-state index in [0.29, 0.717) is 52.4 Å². The monoisotopic (exact) mass is 430 g/mol. The van der Waals surface area contributed by atoms with Crippen LogP contribution in [0.15, 0.2) is 0 Å². The molecule has 0 amide bonds. The molecule has 3 N–H and O–H groups in total. The second-order valence-corrected chi connectivity index (χ2v) is 7.19. The maximum absolute atomic E-state index is 11.8. The molecule has 29 heavy (non-hydrogen) atoms.